The van der Waals surface area contributed by atoms with Crippen molar-refractivity contribution in [2.24, 2.45) is 0 Å². The zero-order chi connectivity index (χ0) is 17.2. The van der Waals surface area contributed by atoms with Crippen LogP contribution in [0.5, 0.6) is 0 Å². The number of aromatic nitrogens is 3. The van der Waals surface area contributed by atoms with Gasteiger partial charge in [-0.3, -0.25) is 0 Å². The van der Waals surface area contributed by atoms with Crippen molar-refractivity contribution in [3.8, 4) is 12.1 Å². The van der Waals surface area contributed by atoms with Crippen LogP contribution in [-0.2, 0) is 0 Å². The van der Waals surface area contributed by atoms with Crippen LogP contribution in [0.3, 0.4) is 0 Å². The van der Waals surface area contributed by atoms with E-state index in [1.54, 1.807) is 35.4 Å². The SMILES string of the molecule is N#Cc1ccc(C(c2cc3ccccc3o2)n2cnnc2)c(C#N)c1. The predicted molar refractivity (Wildman–Crippen MR) is 89.3 cm³/mol. The molecule has 0 saturated carbocycles. The Morgan fingerprint density at radius 1 is 0.960 bits per heavy atom. The largest absolute Gasteiger partial charge is 0.458 e. The predicted octanol–water partition coefficient (Wildman–Crippen LogP) is 3.41. The second-order valence-electron chi connectivity index (χ2n) is 5.52. The molecule has 2 heterocycles. The van der Waals surface area contributed by atoms with Gasteiger partial charge < -0.3 is 8.98 Å². The molecule has 25 heavy (non-hydrogen) atoms. The van der Waals surface area contributed by atoms with E-state index < -0.39 is 6.04 Å². The molecule has 0 radical (unpaired) electrons. The first-order valence-corrected chi connectivity index (χ1v) is 7.57. The van der Waals surface area contributed by atoms with E-state index in [1.807, 2.05) is 30.3 Å². The topological polar surface area (TPSA) is 91.4 Å². The van der Waals surface area contributed by atoms with E-state index in [0.717, 1.165) is 16.5 Å². The number of para-hydroxylation sites is 1. The molecule has 0 N–H and O–H groups in total. The van der Waals surface area contributed by atoms with Gasteiger partial charge in [0.2, 0.25) is 0 Å². The molecule has 1 atom stereocenters. The summed E-state index contributed by atoms with van der Waals surface area (Å²) in [6, 6.07) is 18.5. The van der Waals surface area contributed by atoms with E-state index in [2.05, 4.69) is 22.3 Å². The van der Waals surface area contributed by atoms with Crippen LogP contribution in [-0.4, -0.2) is 14.8 Å². The molecule has 2 aromatic carbocycles. The fourth-order valence-corrected chi connectivity index (χ4v) is 2.90. The minimum Gasteiger partial charge on any atom is -0.458 e. The molecule has 0 bridgehead atoms. The number of hydrogen-bond acceptors (Lipinski definition) is 5. The number of furan rings is 1. The third kappa shape index (κ3) is 2.52. The Kier molecular flexibility index (Phi) is 3.49. The normalized spacial score (nSPS) is 11.8. The van der Waals surface area contributed by atoms with Crippen molar-refractivity contribution in [2.75, 3.05) is 0 Å². The molecule has 4 rings (SSSR count). The van der Waals surface area contributed by atoms with Crippen LogP contribution >= 0.6 is 0 Å². The first-order valence-electron chi connectivity index (χ1n) is 7.57. The molecule has 6 nitrogen and oxygen atoms in total. The molecule has 0 saturated heterocycles. The monoisotopic (exact) mass is 325 g/mol. The lowest BCUT2D eigenvalue weighted by atomic mass is 9.97. The molecule has 1 unspecified atom stereocenters. The average molecular weight is 325 g/mol. The van der Waals surface area contributed by atoms with Gasteiger partial charge in [0.05, 0.1) is 23.3 Å². The molecule has 0 spiro atoms. The van der Waals surface area contributed by atoms with Gasteiger partial charge in [0, 0.05) is 10.9 Å². The molecule has 2 aromatic heterocycles. The Hall–Kier alpha value is -3.90. The Bertz CT molecular complexity index is 1100. The minimum absolute atomic E-state index is 0.398. The summed E-state index contributed by atoms with van der Waals surface area (Å²) in [4.78, 5) is 0. The van der Waals surface area contributed by atoms with Gasteiger partial charge in [-0.1, -0.05) is 24.3 Å². The van der Waals surface area contributed by atoms with Gasteiger partial charge in [-0.25, -0.2) is 0 Å². The molecule has 118 valence electrons. The van der Waals surface area contributed by atoms with Crippen LogP contribution in [0.1, 0.15) is 28.5 Å². The smallest absolute Gasteiger partial charge is 0.134 e. The highest BCUT2D eigenvalue weighted by molar-refractivity contribution is 5.78. The summed E-state index contributed by atoms with van der Waals surface area (Å²) < 4.78 is 7.79. The first kappa shape index (κ1) is 14.7. The Labute approximate surface area is 143 Å². The second-order valence-corrected chi connectivity index (χ2v) is 5.52. The molecule has 0 fully saturated rings. The number of fused-ring (bicyclic) bond motifs is 1. The van der Waals surface area contributed by atoms with Gasteiger partial charge in [-0.15, -0.1) is 10.2 Å². The Morgan fingerprint density at radius 2 is 1.76 bits per heavy atom. The fraction of sp³-hybridized carbons (Fsp3) is 0.0526. The molecule has 0 aliphatic rings. The maximum atomic E-state index is 9.54. The quantitative estimate of drug-likeness (QED) is 0.575. The van der Waals surface area contributed by atoms with E-state index in [4.69, 9.17) is 9.68 Å². The highest BCUT2D eigenvalue weighted by Gasteiger charge is 2.23. The van der Waals surface area contributed by atoms with Crippen molar-refractivity contribution >= 4 is 11.0 Å². The Balaban J connectivity index is 1.94. The minimum atomic E-state index is -0.398. The van der Waals surface area contributed by atoms with Crippen LogP contribution in [0.15, 0.2) is 65.6 Å². The van der Waals surface area contributed by atoms with Crippen LogP contribution in [0.2, 0.25) is 0 Å². The molecule has 0 aliphatic heterocycles. The van der Waals surface area contributed by atoms with Gasteiger partial charge >= 0.3 is 0 Å². The summed E-state index contributed by atoms with van der Waals surface area (Å²) in [5.74, 6) is 0.669. The molecule has 6 heteroatoms. The standard InChI is InChI=1S/C19H11N5O/c20-9-13-5-6-16(15(7-13)10-21)19(24-11-22-23-12-24)18-8-14-3-1-2-4-17(14)25-18/h1-8,11-12,19H. The molecular weight excluding hydrogens is 314 g/mol. The van der Waals surface area contributed by atoms with Crippen LogP contribution in [0.4, 0.5) is 0 Å². The van der Waals surface area contributed by atoms with Crippen molar-refractivity contribution in [3.63, 3.8) is 0 Å². The average Bonchev–Trinajstić information content (AvgIpc) is 3.32. The number of benzene rings is 2. The number of hydrogen-bond donors (Lipinski definition) is 0. The number of nitrogens with zero attached hydrogens (tertiary/aromatic N) is 5. The zero-order valence-electron chi connectivity index (χ0n) is 13.0. The van der Waals surface area contributed by atoms with Gasteiger partial charge in [0.1, 0.15) is 30.0 Å². The highest BCUT2D eigenvalue weighted by Crippen LogP contribution is 2.33. The first-order chi connectivity index (χ1) is 12.3. The van der Waals surface area contributed by atoms with E-state index in [-0.39, 0.29) is 0 Å². The van der Waals surface area contributed by atoms with E-state index in [1.165, 1.54) is 0 Å². The van der Waals surface area contributed by atoms with Crippen molar-refractivity contribution in [1.82, 2.24) is 14.8 Å². The molecular formula is C19H11N5O. The lowest BCUT2D eigenvalue weighted by Crippen LogP contribution is -2.11. The lowest BCUT2D eigenvalue weighted by molar-refractivity contribution is 0.486. The lowest BCUT2D eigenvalue weighted by Gasteiger charge is -2.17. The summed E-state index contributed by atoms with van der Waals surface area (Å²) in [6.45, 7) is 0. The van der Waals surface area contributed by atoms with Gasteiger partial charge in [0.15, 0.2) is 0 Å². The number of rotatable bonds is 3. The maximum Gasteiger partial charge on any atom is 0.134 e. The van der Waals surface area contributed by atoms with Gasteiger partial charge in [-0.2, -0.15) is 10.5 Å². The molecule has 4 aromatic rings. The van der Waals surface area contributed by atoms with Gasteiger partial charge in [-0.05, 0) is 24.3 Å². The van der Waals surface area contributed by atoms with Crippen LogP contribution < -0.4 is 0 Å². The van der Waals surface area contributed by atoms with Crippen molar-refractivity contribution in [2.45, 2.75) is 6.04 Å². The summed E-state index contributed by atoms with van der Waals surface area (Å²) in [5.41, 5.74) is 2.34. The Morgan fingerprint density at radius 3 is 2.48 bits per heavy atom. The highest BCUT2D eigenvalue weighted by atomic mass is 16.3. The summed E-state index contributed by atoms with van der Waals surface area (Å²) in [6.07, 6.45) is 3.16. The summed E-state index contributed by atoms with van der Waals surface area (Å²) in [7, 11) is 0. The third-order valence-electron chi connectivity index (χ3n) is 4.05. The molecule has 0 amide bonds. The van der Waals surface area contributed by atoms with E-state index >= 15 is 0 Å². The summed E-state index contributed by atoms with van der Waals surface area (Å²) >= 11 is 0. The van der Waals surface area contributed by atoms with E-state index in [9.17, 15) is 5.26 Å². The second kappa shape index (κ2) is 5.95. The zero-order valence-corrected chi connectivity index (χ0v) is 13.0. The van der Waals surface area contributed by atoms with Crippen LogP contribution in [0, 0.1) is 22.7 Å². The third-order valence-corrected chi connectivity index (χ3v) is 4.05. The van der Waals surface area contributed by atoms with Crippen LogP contribution in [0.25, 0.3) is 11.0 Å². The van der Waals surface area contributed by atoms with Crippen molar-refractivity contribution in [1.29, 1.82) is 10.5 Å². The fourth-order valence-electron chi connectivity index (χ4n) is 2.90. The number of nitriles is 2. The summed E-state index contributed by atoms with van der Waals surface area (Å²) in [5, 5.41) is 27.3. The molecule has 0 aliphatic carbocycles. The maximum absolute atomic E-state index is 9.54. The van der Waals surface area contributed by atoms with Gasteiger partial charge in [0.25, 0.3) is 0 Å². The van der Waals surface area contributed by atoms with Crippen molar-refractivity contribution < 1.29 is 4.42 Å². The van der Waals surface area contributed by atoms with E-state index in [0.29, 0.717) is 16.9 Å². The van der Waals surface area contributed by atoms with Crippen molar-refractivity contribution in [3.05, 3.63) is 83.6 Å².